The van der Waals surface area contributed by atoms with Crippen molar-refractivity contribution in [2.75, 3.05) is 0 Å². The van der Waals surface area contributed by atoms with E-state index in [2.05, 4.69) is 11.9 Å². The Balaban J connectivity index is 1.86. The van der Waals surface area contributed by atoms with Crippen LogP contribution in [0.4, 0.5) is 4.39 Å². The van der Waals surface area contributed by atoms with Gasteiger partial charge in [0.25, 0.3) is 5.56 Å². The number of halogens is 1. The van der Waals surface area contributed by atoms with Gasteiger partial charge in [-0.1, -0.05) is 43.3 Å². The van der Waals surface area contributed by atoms with Crippen molar-refractivity contribution in [1.82, 2.24) is 9.55 Å². The normalized spacial score (nSPS) is 11.2. The zero-order valence-corrected chi connectivity index (χ0v) is 15.5. The van der Waals surface area contributed by atoms with Crippen molar-refractivity contribution in [3.05, 3.63) is 91.7 Å². The van der Waals surface area contributed by atoms with Gasteiger partial charge < -0.3 is 0 Å². The molecule has 6 heteroatoms. The second-order valence-corrected chi connectivity index (χ2v) is 7.24. The van der Waals surface area contributed by atoms with Crippen LogP contribution in [0.15, 0.2) is 63.5 Å². The van der Waals surface area contributed by atoms with Gasteiger partial charge in [-0.3, -0.25) is 14.3 Å². The molecule has 2 heterocycles. The van der Waals surface area contributed by atoms with E-state index >= 15 is 0 Å². The molecule has 4 rings (SSSR count). The fraction of sp³-hybridized carbons (Fsp3) is 0.143. The van der Waals surface area contributed by atoms with Crippen molar-refractivity contribution in [2.24, 2.45) is 0 Å². The average molecular weight is 380 g/mol. The van der Waals surface area contributed by atoms with Crippen LogP contribution < -0.4 is 11.2 Å². The Labute approximate surface area is 158 Å². The number of nitrogens with zero attached hydrogens (tertiary/aromatic N) is 1. The second-order valence-electron chi connectivity index (χ2n) is 6.36. The van der Waals surface area contributed by atoms with Crippen LogP contribution in [0.1, 0.15) is 18.1 Å². The zero-order valence-electron chi connectivity index (χ0n) is 14.7. The Morgan fingerprint density at radius 2 is 1.85 bits per heavy atom. The third-order valence-corrected chi connectivity index (χ3v) is 5.51. The van der Waals surface area contributed by atoms with E-state index in [0.717, 1.165) is 22.1 Å². The van der Waals surface area contributed by atoms with Gasteiger partial charge in [-0.25, -0.2) is 9.18 Å². The minimum absolute atomic E-state index is 0.0198. The summed E-state index contributed by atoms with van der Waals surface area (Å²) in [4.78, 5) is 28.8. The molecule has 2 aromatic carbocycles. The summed E-state index contributed by atoms with van der Waals surface area (Å²) in [5.41, 5.74) is 2.65. The number of aromatic nitrogens is 2. The van der Waals surface area contributed by atoms with Crippen molar-refractivity contribution in [3.63, 3.8) is 0 Å². The van der Waals surface area contributed by atoms with Gasteiger partial charge in [-0.05, 0) is 35.2 Å². The molecule has 136 valence electrons. The van der Waals surface area contributed by atoms with Gasteiger partial charge in [-0.2, -0.15) is 0 Å². The van der Waals surface area contributed by atoms with Gasteiger partial charge in [0.1, 0.15) is 10.6 Å². The van der Waals surface area contributed by atoms with Crippen LogP contribution in [0, 0.1) is 5.82 Å². The quantitative estimate of drug-likeness (QED) is 0.578. The van der Waals surface area contributed by atoms with E-state index < -0.39 is 11.5 Å². The highest BCUT2D eigenvalue weighted by Crippen LogP contribution is 2.30. The minimum atomic E-state index is -0.494. The number of H-pyrrole nitrogens is 1. The molecule has 0 bridgehead atoms. The van der Waals surface area contributed by atoms with Crippen LogP contribution in [0.5, 0.6) is 0 Å². The lowest BCUT2D eigenvalue weighted by molar-refractivity contribution is 0.621. The molecule has 0 aliphatic carbocycles. The topological polar surface area (TPSA) is 54.9 Å². The molecule has 0 fully saturated rings. The van der Waals surface area contributed by atoms with Crippen molar-refractivity contribution in [2.45, 2.75) is 19.9 Å². The first-order chi connectivity index (χ1) is 13.1. The SMILES string of the molecule is CCc1ccc(-c2csc3[nH]c(=O)n(Cc4cccc(F)c4)c(=O)c23)cc1. The van der Waals surface area contributed by atoms with E-state index in [0.29, 0.717) is 15.8 Å². The highest BCUT2D eigenvalue weighted by Gasteiger charge is 2.15. The van der Waals surface area contributed by atoms with Gasteiger partial charge in [-0.15, -0.1) is 11.3 Å². The van der Waals surface area contributed by atoms with E-state index in [1.54, 1.807) is 12.1 Å². The molecule has 0 radical (unpaired) electrons. The molecule has 0 spiro atoms. The Morgan fingerprint density at radius 1 is 1.07 bits per heavy atom. The fourth-order valence-electron chi connectivity index (χ4n) is 3.15. The number of thiophene rings is 1. The Bertz CT molecular complexity index is 1240. The number of aromatic amines is 1. The molecule has 27 heavy (non-hydrogen) atoms. The number of nitrogens with one attached hydrogen (secondary N) is 1. The molecule has 0 saturated heterocycles. The maximum atomic E-state index is 13.5. The summed E-state index contributed by atoms with van der Waals surface area (Å²) in [5.74, 6) is -0.398. The summed E-state index contributed by atoms with van der Waals surface area (Å²) in [6, 6.07) is 14.0. The molecular formula is C21H17FN2O2S. The average Bonchev–Trinajstić information content (AvgIpc) is 3.09. The molecule has 0 atom stereocenters. The zero-order chi connectivity index (χ0) is 19.0. The summed E-state index contributed by atoms with van der Waals surface area (Å²) >= 11 is 1.34. The number of hydrogen-bond donors (Lipinski definition) is 1. The molecule has 4 nitrogen and oxygen atoms in total. The van der Waals surface area contributed by atoms with Crippen molar-refractivity contribution < 1.29 is 4.39 Å². The Hall–Kier alpha value is -2.99. The largest absolute Gasteiger partial charge is 0.329 e. The highest BCUT2D eigenvalue weighted by molar-refractivity contribution is 7.17. The number of benzene rings is 2. The molecule has 0 aliphatic rings. The number of hydrogen-bond acceptors (Lipinski definition) is 3. The summed E-state index contributed by atoms with van der Waals surface area (Å²) in [6.07, 6.45) is 0.943. The first-order valence-corrected chi connectivity index (χ1v) is 9.53. The van der Waals surface area contributed by atoms with Crippen LogP contribution in [-0.4, -0.2) is 9.55 Å². The van der Waals surface area contributed by atoms with E-state index in [4.69, 9.17) is 0 Å². The lowest BCUT2D eigenvalue weighted by atomic mass is 10.0. The molecule has 4 aromatic rings. The van der Waals surface area contributed by atoms with Gasteiger partial charge in [0.2, 0.25) is 0 Å². The van der Waals surface area contributed by atoms with Gasteiger partial charge in [0.05, 0.1) is 11.9 Å². The molecule has 1 N–H and O–H groups in total. The van der Waals surface area contributed by atoms with Gasteiger partial charge in [0.15, 0.2) is 0 Å². The molecule has 0 saturated carbocycles. The second kappa shape index (κ2) is 6.96. The van der Waals surface area contributed by atoms with Crippen LogP contribution >= 0.6 is 11.3 Å². The Kier molecular flexibility index (Phi) is 4.49. The minimum Gasteiger partial charge on any atom is -0.298 e. The predicted molar refractivity (Wildman–Crippen MR) is 107 cm³/mol. The lowest BCUT2D eigenvalue weighted by Crippen LogP contribution is -2.35. The van der Waals surface area contributed by atoms with Crippen molar-refractivity contribution in [3.8, 4) is 11.1 Å². The number of fused-ring (bicyclic) bond motifs is 1. The molecule has 2 aromatic heterocycles. The smallest absolute Gasteiger partial charge is 0.298 e. The summed E-state index contributed by atoms with van der Waals surface area (Å²) in [6.45, 7) is 2.11. The molecule has 0 unspecified atom stereocenters. The van der Waals surface area contributed by atoms with E-state index in [-0.39, 0.29) is 12.1 Å². The van der Waals surface area contributed by atoms with Crippen LogP contribution in [0.2, 0.25) is 0 Å². The van der Waals surface area contributed by atoms with Crippen molar-refractivity contribution in [1.29, 1.82) is 0 Å². The van der Waals surface area contributed by atoms with Crippen LogP contribution in [0.25, 0.3) is 21.3 Å². The fourth-order valence-corrected chi connectivity index (χ4v) is 4.10. The molecular weight excluding hydrogens is 363 g/mol. The first-order valence-electron chi connectivity index (χ1n) is 8.65. The maximum Gasteiger partial charge on any atom is 0.329 e. The van der Waals surface area contributed by atoms with Crippen LogP contribution in [-0.2, 0) is 13.0 Å². The van der Waals surface area contributed by atoms with Crippen LogP contribution in [0.3, 0.4) is 0 Å². The van der Waals surface area contributed by atoms with Gasteiger partial charge >= 0.3 is 5.69 Å². The molecule has 0 amide bonds. The lowest BCUT2D eigenvalue weighted by Gasteiger charge is -2.07. The molecule has 0 aliphatic heterocycles. The summed E-state index contributed by atoms with van der Waals surface area (Å²) in [7, 11) is 0. The Morgan fingerprint density at radius 3 is 2.56 bits per heavy atom. The monoisotopic (exact) mass is 380 g/mol. The standard InChI is InChI=1S/C21H17FN2O2S/c1-2-13-6-8-15(9-7-13)17-12-27-19-18(17)20(25)24(21(26)23-19)11-14-4-3-5-16(22)10-14/h3-10,12H,2,11H2,1H3,(H,23,26). The van der Waals surface area contributed by atoms with E-state index in [1.165, 1.54) is 29.0 Å². The summed E-state index contributed by atoms with van der Waals surface area (Å²) in [5, 5.41) is 2.37. The third-order valence-electron chi connectivity index (χ3n) is 4.62. The third kappa shape index (κ3) is 3.24. The van der Waals surface area contributed by atoms with Crippen molar-refractivity contribution >= 4 is 21.6 Å². The summed E-state index contributed by atoms with van der Waals surface area (Å²) < 4.78 is 14.6. The first kappa shape index (κ1) is 17.4. The maximum absolute atomic E-state index is 13.5. The number of aryl methyl sites for hydroxylation is 1. The highest BCUT2D eigenvalue weighted by atomic mass is 32.1. The van der Waals surface area contributed by atoms with Gasteiger partial charge in [0, 0.05) is 10.9 Å². The predicted octanol–water partition coefficient (Wildman–Crippen LogP) is 4.17. The van der Waals surface area contributed by atoms with E-state index in [9.17, 15) is 14.0 Å². The number of rotatable bonds is 4. The van der Waals surface area contributed by atoms with E-state index in [1.807, 2.05) is 29.6 Å².